The molecule has 0 radical (unpaired) electrons. The van der Waals surface area contributed by atoms with Crippen molar-refractivity contribution in [2.24, 2.45) is 0 Å². The highest BCUT2D eigenvalue weighted by molar-refractivity contribution is 6.05. The van der Waals surface area contributed by atoms with E-state index in [4.69, 9.17) is 11.5 Å². The highest BCUT2D eigenvalue weighted by Crippen LogP contribution is 2.42. The van der Waals surface area contributed by atoms with Gasteiger partial charge in [-0.05, 0) is 99.9 Å². The molecule has 0 saturated carbocycles. The summed E-state index contributed by atoms with van der Waals surface area (Å²) in [7, 11) is 0. The van der Waals surface area contributed by atoms with Gasteiger partial charge in [0, 0.05) is 22.5 Å². The molecule has 2 rings (SSSR count). The molecule has 2 aromatic rings. The fourth-order valence-electron chi connectivity index (χ4n) is 4.28. The topological polar surface area (TPSA) is 86.2 Å². The first-order valence-electron chi connectivity index (χ1n) is 8.74. The summed E-state index contributed by atoms with van der Waals surface area (Å²) in [5.74, 6) is -0.0368. The normalized spacial score (nSPS) is 10.9. The minimum Gasteiger partial charge on any atom is -0.398 e. The molecule has 0 heterocycles. The largest absolute Gasteiger partial charge is 0.398 e. The lowest BCUT2D eigenvalue weighted by Crippen LogP contribution is -2.12. The van der Waals surface area contributed by atoms with Crippen molar-refractivity contribution in [1.29, 1.82) is 0 Å². The number of anilines is 2. The average Bonchev–Trinajstić information content (AvgIpc) is 2.53. The summed E-state index contributed by atoms with van der Waals surface area (Å²) in [6, 6.07) is 0. The number of nitrogen functional groups attached to an aromatic ring is 2. The van der Waals surface area contributed by atoms with E-state index in [2.05, 4.69) is 0 Å². The number of nitrogens with two attached hydrogens (primary N) is 2. The first-order chi connectivity index (χ1) is 11.9. The second kappa shape index (κ2) is 6.60. The molecule has 0 atom stereocenters. The molecule has 138 valence electrons. The highest BCUT2D eigenvalue weighted by atomic mass is 16.1. The van der Waals surface area contributed by atoms with Gasteiger partial charge in [0.2, 0.25) is 0 Å². The van der Waals surface area contributed by atoms with Gasteiger partial charge in [0.15, 0.2) is 11.6 Å². The first kappa shape index (κ1) is 19.7. The van der Waals surface area contributed by atoms with Gasteiger partial charge in [-0.25, -0.2) is 0 Å². The lowest BCUT2D eigenvalue weighted by Gasteiger charge is -2.25. The van der Waals surface area contributed by atoms with E-state index in [0.29, 0.717) is 22.5 Å². The molecule has 0 bridgehead atoms. The van der Waals surface area contributed by atoms with Crippen LogP contribution in [0.25, 0.3) is 11.1 Å². The minimum absolute atomic E-state index is 0.0184. The lowest BCUT2D eigenvalue weighted by molar-refractivity contribution is 0.100. The summed E-state index contributed by atoms with van der Waals surface area (Å²) in [6.07, 6.45) is 0. The van der Waals surface area contributed by atoms with Gasteiger partial charge in [-0.15, -0.1) is 0 Å². The van der Waals surface area contributed by atoms with Gasteiger partial charge in [0.25, 0.3) is 0 Å². The monoisotopic (exact) mass is 352 g/mol. The summed E-state index contributed by atoms with van der Waals surface area (Å²) < 4.78 is 0. The van der Waals surface area contributed by atoms with Crippen molar-refractivity contribution in [2.75, 3.05) is 11.5 Å². The Balaban J connectivity index is 3.13. The third-order valence-electron chi connectivity index (χ3n) is 5.57. The Hall–Kier alpha value is -2.62. The van der Waals surface area contributed by atoms with Crippen molar-refractivity contribution >= 4 is 22.9 Å². The van der Waals surface area contributed by atoms with E-state index in [1.54, 1.807) is 13.8 Å². The Labute approximate surface area is 155 Å². The fraction of sp³-hybridized carbons (Fsp3) is 0.364. The molecular weight excluding hydrogens is 324 g/mol. The molecule has 2 aromatic carbocycles. The van der Waals surface area contributed by atoms with Gasteiger partial charge in [-0.2, -0.15) is 0 Å². The zero-order chi connectivity index (χ0) is 20.1. The van der Waals surface area contributed by atoms with E-state index in [1.165, 1.54) is 0 Å². The Kier molecular flexibility index (Phi) is 5.00. The van der Waals surface area contributed by atoms with Crippen LogP contribution in [-0.2, 0) is 0 Å². The van der Waals surface area contributed by atoms with E-state index in [9.17, 15) is 9.59 Å². The molecular formula is C22H28N2O2. The summed E-state index contributed by atoms with van der Waals surface area (Å²) in [5, 5.41) is 0. The van der Waals surface area contributed by atoms with Crippen LogP contribution in [0.5, 0.6) is 0 Å². The zero-order valence-corrected chi connectivity index (χ0v) is 17.0. The molecule has 4 heteroatoms. The highest BCUT2D eigenvalue weighted by Gasteiger charge is 2.25. The van der Waals surface area contributed by atoms with Crippen molar-refractivity contribution < 1.29 is 9.59 Å². The van der Waals surface area contributed by atoms with E-state index in [1.807, 2.05) is 41.5 Å². The summed E-state index contributed by atoms with van der Waals surface area (Å²) in [4.78, 5) is 24.5. The molecule has 0 aromatic heterocycles. The van der Waals surface area contributed by atoms with Gasteiger partial charge in [0.05, 0.1) is 0 Å². The molecule has 4 nitrogen and oxygen atoms in total. The maximum atomic E-state index is 12.3. The number of rotatable bonds is 3. The molecule has 0 saturated heterocycles. The second-order valence-corrected chi connectivity index (χ2v) is 7.19. The fourth-order valence-corrected chi connectivity index (χ4v) is 4.28. The Morgan fingerprint density at radius 1 is 0.538 bits per heavy atom. The summed E-state index contributed by atoms with van der Waals surface area (Å²) in [6.45, 7) is 14.6. The molecule has 0 aliphatic carbocycles. The van der Waals surface area contributed by atoms with Crippen LogP contribution < -0.4 is 11.5 Å². The maximum Gasteiger partial charge on any atom is 0.160 e. The smallest absolute Gasteiger partial charge is 0.160 e. The Morgan fingerprint density at radius 2 is 0.808 bits per heavy atom. The Bertz CT molecular complexity index is 890. The zero-order valence-electron chi connectivity index (χ0n) is 17.0. The molecule has 0 fully saturated rings. The van der Waals surface area contributed by atoms with Crippen molar-refractivity contribution in [3.05, 3.63) is 44.5 Å². The maximum absolute atomic E-state index is 12.3. The van der Waals surface area contributed by atoms with E-state index in [-0.39, 0.29) is 11.6 Å². The predicted molar refractivity (Wildman–Crippen MR) is 109 cm³/mol. The van der Waals surface area contributed by atoms with Crippen LogP contribution in [-0.4, -0.2) is 11.6 Å². The third-order valence-corrected chi connectivity index (χ3v) is 5.57. The van der Waals surface area contributed by atoms with Crippen molar-refractivity contribution in [1.82, 2.24) is 0 Å². The molecule has 0 amide bonds. The molecule has 0 unspecified atom stereocenters. The summed E-state index contributed by atoms with van der Waals surface area (Å²) >= 11 is 0. The van der Waals surface area contributed by atoms with Gasteiger partial charge in [-0.1, -0.05) is 0 Å². The molecule has 0 aliphatic rings. The van der Waals surface area contributed by atoms with E-state index in [0.717, 1.165) is 44.5 Å². The third kappa shape index (κ3) is 2.70. The number of hydrogen-bond donors (Lipinski definition) is 2. The van der Waals surface area contributed by atoms with Gasteiger partial charge in [-0.3, -0.25) is 9.59 Å². The quantitative estimate of drug-likeness (QED) is 0.615. The van der Waals surface area contributed by atoms with Gasteiger partial charge in [0.1, 0.15) is 0 Å². The molecule has 0 aliphatic heterocycles. The van der Waals surface area contributed by atoms with Gasteiger partial charge >= 0.3 is 0 Å². The van der Waals surface area contributed by atoms with Crippen molar-refractivity contribution in [2.45, 2.75) is 55.4 Å². The number of ketones is 2. The van der Waals surface area contributed by atoms with Crippen molar-refractivity contribution in [3.8, 4) is 11.1 Å². The van der Waals surface area contributed by atoms with Crippen LogP contribution in [0.2, 0.25) is 0 Å². The average molecular weight is 352 g/mol. The van der Waals surface area contributed by atoms with Crippen LogP contribution in [0.15, 0.2) is 0 Å². The van der Waals surface area contributed by atoms with Gasteiger partial charge < -0.3 is 11.5 Å². The van der Waals surface area contributed by atoms with Crippen LogP contribution >= 0.6 is 0 Å². The van der Waals surface area contributed by atoms with E-state index >= 15 is 0 Å². The molecule has 4 N–H and O–H groups in total. The predicted octanol–water partition coefficient (Wildman–Crippen LogP) is 4.77. The number of carbonyl (C=O) groups is 2. The summed E-state index contributed by atoms with van der Waals surface area (Å²) in [5.41, 5.74) is 22.2. The van der Waals surface area contributed by atoms with Crippen LogP contribution in [0.1, 0.15) is 67.9 Å². The number of hydrogen-bond acceptors (Lipinski definition) is 4. The molecule has 26 heavy (non-hydrogen) atoms. The SMILES string of the molecule is CC(=O)c1c(C)c(N)c(C)c(-c2c(C)c(N)c(C)c(C(C)=O)c2C)c1C. The Morgan fingerprint density at radius 3 is 1.04 bits per heavy atom. The van der Waals surface area contributed by atoms with Crippen molar-refractivity contribution in [3.63, 3.8) is 0 Å². The lowest BCUT2D eigenvalue weighted by atomic mass is 9.80. The minimum atomic E-state index is -0.0184. The standard InChI is InChI=1S/C22H28N2O2/c1-9-17(15(7)25)11(3)21(23)13(5)19(9)20-10(2)18(16(8)26)12(4)22(24)14(20)6/h23-24H2,1-8H3. The first-order valence-corrected chi connectivity index (χ1v) is 8.74. The second-order valence-electron chi connectivity index (χ2n) is 7.19. The van der Waals surface area contributed by atoms with E-state index < -0.39 is 0 Å². The van der Waals surface area contributed by atoms with Crippen LogP contribution in [0.4, 0.5) is 11.4 Å². The number of benzene rings is 2. The van der Waals surface area contributed by atoms with Crippen LogP contribution in [0.3, 0.4) is 0 Å². The number of carbonyl (C=O) groups excluding carboxylic acids is 2. The van der Waals surface area contributed by atoms with Crippen LogP contribution in [0, 0.1) is 41.5 Å². The molecule has 0 spiro atoms. The number of Topliss-reactive ketones (excluding diaryl/α,β-unsaturated/α-hetero) is 2.